The van der Waals surface area contributed by atoms with Crippen LogP contribution in [-0.4, -0.2) is 5.88 Å². The van der Waals surface area contributed by atoms with Crippen LogP contribution in [0.3, 0.4) is 0 Å². The summed E-state index contributed by atoms with van der Waals surface area (Å²) in [4.78, 5) is 0. The Kier molecular flexibility index (Phi) is 4.29. The van der Waals surface area contributed by atoms with E-state index in [0.717, 1.165) is 6.07 Å². The van der Waals surface area contributed by atoms with Gasteiger partial charge in [0.2, 0.25) is 0 Å². The molecule has 1 fully saturated rings. The number of alkyl halides is 3. The fraction of sp³-hybridized carbons (Fsp3) is 0.364. The first-order valence-electron chi connectivity index (χ1n) is 5.04. The van der Waals surface area contributed by atoms with Crippen molar-refractivity contribution < 1.29 is 13.2 Å². The predicted molar refractivity (Wildman–Crippen MR) is 62.4 cm³/mol. The molecule has 1 aromatic rings. The molecule has 0 saturated carbocycles. The van der Waals surface area contributed by atoms with Crippen molar-refractivity contribution in [2.75, 3.05) is 10.2 Å². The first-order valence-corrected chi connectivity index (χ1v) is 5.98. The molecule has 0 aliphatic carbocycles. The maximum absolute atomic E-state index is 12.5. The van der Waals surface area contributed by atoms with Crippen molar-refractivity contribution in [3.63, 3.8) is 0 Å². The molecular weight excluding hydrogens is 249 g/mol. The van der Waals surface area contributed by atoms with Crippen molar-refractivity contribution in [1.82, 2.24) is 0 Å². The Bertz CT molecular complexity index is 433. The highest BCUT2D eigenvalue weighted by molar-refractivity contribution is 8.07. The maximum Gasteiger partial charge on any atom is 0.417 e. The van der Waals surface area contributed by atoms with Gasteiger partial charge in [-0.05, 0) is 30.1 Å². The maximum atomic E-state index is 12.5. The summed E-state index contributed by atoms with van der Waals surface area (Å²) in [7, 11) is 0. The van der Waals surface area contributed by atoms with Crippen LogP contribution in [0.1, 0.15) is 25.0 Å². The molecule has 17 heavy (non-hydrogen) atoms. The first-order chi connectivity index (χ1) is 8.02. The average molecular weight is 260 g/mol. The Balaban J connectivity index is 0.000000686. The molecule has 0 unspecified atom stereocenters. The average Bonchev–Trinajstić information content (AvgIpc) is 3.14. The van der Waals surface area contributed by atoms with Crippen LogP contribution in [0.25, 0.3) is 0 Å². The molecule has 0 N–H and O–H groups in total. The van der Waals surface area contributed by atoms with Gasteiger partial charge < -0.3 is 4.31 Å². The van der Waals surface area contributed by atoms with Gasteiger partial charge in [0.15, 0.2) is 0 Å². The molecule has 92 valence electrons. The van der Waals surface area contributed by atoms with Gasteiger partial charge in [-0.15, -0.1) is 0 Å². The van der Waals surface area contributed by atoms with E-state index in [1.165, 1.54) is 24.1 Å². The van der Waals surface area contributed by atoms with Crippen LogP contribution < -0.4 is 4.31 Å². The van der Waals surface area contributed by atoms with Crippen LogP contribution >= 0.6 is 11.9 Å². The van der Waals surface area contributed by atoms with Gasteiger partial charge in [0.1, 0.15) is 0 Å². The van der Waals surface area contributed by atoms with Gasteiger partial charge in [-0.2, -0.15) is 18.4 Å². The van der Waals surface area contributed by atoms with Gasteiger partial charge >= 0.3 is 6.18 Å². The van der Waals surface area contributed by atoms with E-state index in [1.807, 2.05) is 13.8 Å². The lowest BCUT2D eigenvalue weighted by Crippen LogP contribution is -2.08. The van der Waals surface area contributed by atoms with Gasteiger partial charge in [-0.25, -0.2) is 0 Å². The molecule has 1 aliphatic heterocycles. The zero-order valence-corrected chi connectivity index (χ0v) is 10.2. The molecule has 0 amide bonds. The molecule has 0 aromatic heterocycles. The molecule has 1 aromatic carbocycles. The van der Waals surface area contributed by atoms with Crippen molar-refractivity contribution in [3.8, 4) is 6.07 Å². The first kappa shape index (κ1) is 13.7. The van der Waals surface area contributed by atoms with E-state index < -0.39 is 11.7 Å². The zero-order chi connectivity index (χ0) is 13.1. The van der Waals surface area contributed by atoms with Crippen molar-refractivity contribution in [2.24, 2.45) is 0 Å². The van der Waals surface area contributed by atoms with Crippen molar-refractivity contribution in [3.05, 3.63) is 29.3 Å². The number of rotatable bonds is 1. The van der Waals surface area contributed by atoms with E-state index in [9.17, 15) is 13.2 Å². The Morgan fingerprint density at radius 3 is 2.35 bits per heavy atom. The van der Waals surface area contributed by atoms with E-state index >= 15 is 0 Å². The SMILES string of the molecule is CC.N#Cc1ccc(N2CS2)cc1C(F)(F)F. The monoisotopic (exact) mass is 260 g/mol. The number of hydrogen-bond acceptors (Lipinski definition) is 3. The second-order valence-corrected chi connectivity index (χ2v) is 3.93. The molecule has 2 nitrogen and oxygen atoms in total. The fourth-order valence-electron chi connectivity index (χ4n) is 1.20. The molecule has 1 heterocycles. The topological polar surface area (TPSA) is 26.8 Å². The van der Waals surface area contributed by atoms with E-state index in [1.54, 1.807) is 10.4 Å². The molecule has 0 radical (unpaired) electrons. The highest BCUT2D eigenvalue weighted by Crippen LogP contribution is 2.40. The third kappa shape index (κ3) is 3.30. The van der Waals surface area contributed by atoms with Gasteiger partial charge in [-0.1, -0.05) is 13.8 Å². The predicted octanol–water partition coefficient (Wildman–Crippen LogP) is 4.03. The van der Waals surface area contributed by atoms with E-state index in [-0.39, 0.29) is 5.56 Å². The van der Waals surface area contributed by atoms with Crippen LogP contribution in [0, 0.1) is 11.3 Å². The quantitative estimate of drug-likeness (QED) is 0.563. The van der Waals surface area contributed by atoms with Crippen molar-refractivity contribution in [1.29, 1.82) is 5.26 Å². The standard InChI is InChI=1S/C9H5F3N2S.C2H6/c10-9(11,12)8-3-7(14-5-15-14)2-1-6(8)4-13;1-2/h1-3H,5H2;1-2H3. The Labute approximate surface area is 102 Å². The number of halogens is 3. The highest BCUT2D eigenvalue weighted by atomic mass is 32.2. The summed E-state index contributed by atoms with van der Waals surface area (Å²) in [6, 6.07) is 5.28. The summed E-state index contributed by atoms with van der Waals surface area (Å²) >= 11 is 1.44. The lowest BCUT2D eigenvalue weighted by molar-refractivity contribution is -0.137. The molecule has 0 atom stereocenters. The zero-order valence-electron chi connectivity index (χ0n) is 9.38. The lowest BCUT2D eigenvalue weighted by atomic mass is 10.1. The number of benzene rings is 1. The Morgan fingerprint density at radius 2 is 1.94 bits per heavy atom. The van der Waals surface area contributed by atoms with Gasteiger partial charge in [-0.3, -0.25) is 0 Å². The second kappa shape index (κ2) is 5.32. The summed E-state index contributed by atoms with van der Waals surface area (Å²) in [5.74, 6) is 0.698. The van der Waals surface area contributed by atoms with Gasteiger partial charge in [0.05, 0.1) is 23.1 Å². The lowest BCUT2D eigenvalue weighted by Gasteiger charge is -2.10. The molecule has 0 bridgehead atoms. The third-order valence-corrected chi connectivity index (χ3v) is 2.70. The Morgan fingerprint density at radius 1 is 1.35 bits per heavy atom. The minimum atomic E-state index is -4.47. The molecule has 2 rings (SSSR count). The van der Waals surface area contributed by atoms with Crippen LogP contribution in [0.15, 0.2) is 18.2 Å². The number of hydrogen-bond donors (Lipinski definition) is 0. The molecule has 1 aliphatic rings. The van der Waals surface area contributed by atoms with Crippen molar-refractivity contribution in [2.45, 2.75) is 20.0 Å². The number of nitriles is 1. The second-order valence-electron chi connectivity index (χ2n) is 2.98. The van der Waals surface area contributed by atoms with E-state index in [2.05, 4.69) is 0 Å². The molecule has 1 saturated heterocycles. The fourth-order valence-corrected chi connectivity index (χ4v) is 1.67. The molecular formula is C11H11F3N2S. The van der Waals surface area contributed by atoms with Crippen LogP contribution in [-0.2, 0) is 6.18 Å². The summed E-state index contributed by atoms with van der Waals surface area (Å²) in [6.07, 6.45) is -4.47. The normalized spacial score (nSPS) is 13.5. The van der Waals surface area contributed by atoms with E-state index in [4.69, 9.17) is 5.26 Å². The molecule has 6 heteroatoms. The van der Waals surface area contributed by atoms with E-state index in [0.29, 0.717) is 11.6 Å². The largest absolute Gasteiger partial charge is 0.417 e. The van der Waals surface area contributed by atoms with Crippen LogP contribution in [0.4, 0.5) is 18.9 Å². The Hall–Kier alpha value is -1.35. The summed E-state index contributed by atoms with van der Waals surface area (Å²) in [5, 5.41) is 8.56. The van der Waals surface area contributed by atoms with Crippen LogP contribution in [0.2, 0.25) is 0 Å². The minimum Gasteiger partial charge on any atom is -0.303 e. The smallest absolute Gasteiger partial charge is 0.303 e. The van der Waals surface area contributed by atoms with Crippen molar-refractivity contribution >= 4 is 17.6 Å². The van der Waals surface area contributed by atoms with Crippen LogP contribution in [0.5, 0.6) is 0 Å². The highest BCUT2D eigenvalue weighted by Gasteiger charge is 2.35. The third-order valence-electron chi connectivity index (χ3n) is 1.98. The number of anilines is 1. The van der Waals surface area contributed by atoms with Gasteiger partial charge in [0.25, 0.3) is 0 Å². The number of nitrogens with zero attached hydrogens (tertiary/aromatic N) is 2. The summed E-state index contributed by atoms with van der Waals surface area (Å²) < 4.78 is 39.3. The minimum absolute atomic E-state index is 0.335. The summed E-state index contributed by atoms with van der Waals surface area (Å²) in [5.41, 5.74) is -0.709. The summed E-state index contributed by atoms with van der Waals surface area (Å²) in [6.45, 7) is 4.00. The van der Waals surface area contributed by atoms with Gasteiger partial charge in [0, 0.05) is 5.69 Å². The molecule has 0 spiro atoms.